The van der Waals surface area contributed by atoms with Crippen LogP contribution in [0.5, 0.6) is 0 Å². The number of carbonyl (C=O) groups excluding carboxylic acids is 1. The standard InChI is InChI=1S/C13H14N4O3/c1-16-5-6-17(7-9-3-2-4-14-11(9)16)12(18)10-8-20-13(19)15-10/h2-4,8H,5-7H2,1H3,(H,15,19). The van der Waals surface area contributed by atoms with E-state index in [9.17, 15) is 9.59 Å². The SMILES string of the molecule is CN1CCN(C(=O)c2coc(=O)[nH]2)Cc2cccnc21. The third kappa shape index (κ3) is 2.18. The number of amides is 1. The largest absolute Gasteiger partial charge is 0.416 e. The maximum atomic E-state index is 12.3. The Balaban J connectivity index is 1.90. The van der Waals surface area contributed by atoms with Crippen LogP contribution in [0.2, 0.25) is 0 Å². The molecule has 2 aromatic rings. The molecule has 0 spiro atoms. The summed E-state index contributed by atoms with van der Waals surface area (Å²) in [5.41, 5.74) is 1.15. The molecule has 1 aliphatic heterocycles. The molecule has 0 atom stereocenters. The smallest absolute Gasteiger partial charge is 0.416 e. The second kappa shape index (κ2) is 4.84. The van der Waals surface area contributed by atoms with Crippen molar-refractivity contribution < 1.29 is 9.21 Å². The van der Waals surface area contributed by atoms with Gasteiger partial charge in [0.2, 0.25) is 0 Å². The fourth-order valence-electron chi connectivity index (χ4n) is 2.29. The first kappa shape index (κ1) is 12.5. The van der Waals surface area contributed by atoms with Crippen LogP contribution in [0.4, 0.5) is 5.82 Å². The highest BCUT2D eigenvalue weighted by molar-refractivity contribution is 5.92. The van der Waals surface area contributed by atoms with Gasteiger partial charge in [0, 0.05) is 38.4 Å². The average Bonchev–Trinajstić information content (AvgIpc) is 2.81. The number of pyridine rings is 1. The quantitative estimate of drug-likeness (QED) is 0.816. The molecule has 0 bridgehead atoms. The van der Waals surface area contributed by atoms with Gasteiger partial charge in [0.1, 0.15) is 17.8 Å². The van der Waals surface area contributed by atoms with Crippen LogP contribution in [0.25, 0.3) is 0 Å². The fourth-order valence-corrected chi connectivity index (χ4v) is 2.29. The molecule has 0 saturated heterocycles. The second-order valence-electron chi connectivity index (χ2n) is 4.70. The number of hydrogen-bond donors (Lipinski definition) is 1. The van der Waals surface area contributed by atoms with E-state index < -0.39 is 5.76 Å². The zero-order valence-electron chi connectivity index (χ0n) is 11.0. The average molecular weight is 274 g/mol. The maximum absolute atomic E-state index is 12.3. The highest BCUT2D eigenvalue weighted by atomic mass is 16.4. The molecule has 0 aromatic carbocycles. The first-order chi connectivity index (χ1) is 9.65. The predicted molar refractivity (Wildman–Crippen MR) is 71.6 cm³/mol. The fraction of sp³-hybridized carbons (Fsp3) is 0.308. The van der Waals surface area contributed by atoms with Crippen molar-refractivity contribution in [1.82, 2.24) is 14.9 Å². The van der Waals surface area contributed by atoms with Crippen LogP contribution in [0, 0.1) is 0 Å². The van der Waals surface area contributed by atoms with Crippen molar-refractivity contribution in [2.24, 2.45) is 0 Å². The zero-order chi connectivity index (χ0) is 14.1. The number of carbonyl (C=O) groups is 1. The summed E-state index contributed by atoms with van der Waals surface area (Å²) < 4.78 is 4.62. The number of fused-ring (bicyclic) bond motifs is 1. The van der Waals surface area contributed by atoms with E-state index in [0.717, 1.165) is 17.6 Å². The zero-order valence-corrected chi connectivity index (χ0v) is 11.0. The van der Waals surface area contributed by atoms with E-state index in [1.807, 2.05) is 24.1 Å². The van der Waals surface area contributed by atoms with Crippen LogP contribution in [0.3, 0.4) is 0 Å². The van der Waals surface area contributed by atoms with Crippen molar-refractivity contribution in [3.63, 3.8) is 0 Å². The van der Waals surface area contributed by atoms with Crippen molar-refractivity contribution >= 4 is 11.7 Å². The lowest BCUT2D eigenvalue weighted by molar-refractivity contribution is 0.0745. The van der Waals surface area contributed by atoms with Crippen LogP contribution >= 0.6 is 0 Å². The molecule has 7 heteroatoms. The predicted octanol–water partition coefficient (Wildman–Crippen LogP) is 0.455. The van der Waals surface area contributed by atoms with E-state index in [0.29, 0.717) is 19.6 Å². The first-order valence-electron chi connectivity index (χ1n) is 6.27. The summed E-state index contributed by atoms with van der Waals surface area (Å²) in [4.78, 5) is 33.7. The maximum Gasteiger partial charge on any atom is 0.416 e. The lowest BCUT2D eigenvalue weighted by Crippen LogP contribution is -2.34. The third-order valence-corrected chi connectivity index (χ3v) is 3.33. The van der Waals surface area contributed by atoms with Gasteiger partial charge >= 0.3 is 5.76 Å². The summed E-state index contributed by atoms with van der Waals surface area (Å²) in [7, 11) is 1.94. The lowest BCUT2D eigenvalue weighted by atomic mass is 10.2. The highest BCUT2D eigenvalue weighted by Gasteiger charge is 2.24. The summed E-state index contributed by atoms with van der Waals surface area (Å²) in [5, 5.41) is 0. The van der Waals surface area contributed by atoms with Crippen molar-refractivity contribution in [3.05, 3.63) is 46.4 Å². The summed E-state index contributed by atoms with van der Waals surface area (Å²) >= 11 is 0. The number of rotatable bonds is 1. The van der Waals surface area contributed by atoms with Gasteiger partial charge in [-0.25, -0.2) is 9.78 Å². The number of nitrogens with one attached hydrogen (secondary N) is 1. The first-order valence-corrected chi connectivity index (χ1v) is 6.27. The molecule has 7 nitrogen and oxygen atoms in total. The minimum Gasteiger partial charge on any atom is -0.416 e. The number of aromatic nitrogens is 2. The molecule has 104 valence electrons. The molecule has 0 radical (unpaired) electrons. The van der Waals surface area contributed by atoms with Crippen LogP contribution in [-0.2, 0) is 6.54 Å². The Morgan fingerprint density at radius 3 is 3.05 bits per heavy atom. The second-order valence-corrected chi connectivity index (χ2v) is 4.70. The van der Waals surface area contributed by atoms with E-state index in [1.165, 1.54) is 0 Å². The van der Waals surface area contributed by atoms with Gasteiger partial charge in [-0.1, -0.05) is 6.07 Å². The number of hydrogen-bond acceptors (Lipinski definition) is 5. The Kier molecular flexibility index (Phi) is 3.02. The molecule has 20 heavy (non-hydrogen) atoms. The molecule has 3 heterocycles. The number of oxazole rings is 1. The van der Waals surface area contributed by atoms with Gasteiger partial charge < -0.3 is 14.2 Å². The van der Waals surface area contributed by atoms with Crippen molar-refractivity contribution in [2.45, 2.75) is 6.54 Å². The van der Waals surface area contributed by atoms with Crippen LogP contribution in [-0.4, -0.2) is 40.9 Å². The minimum atomic E-state index is -0.623. The van der Waals surface area contributed by atoms with Gasteiger partial charge in [-0.15, -0.1) is 0 Å². The number of aromatic amines is 1. The highest BCUT2D eigenvalue weighted by Crippen LogP contribution is 2.21. The molecule has 0 unspecified atom stereocenters. The molecule has 1 amide bonds. The summed E-state index contributed by atoms with van der Waals surface area (Å²) in [5.74, 6) is 0.00629. The van der Waals surface area contributed by atoms with Gasteiger partial charge in [0.25, 0.3) is 5.91 Å². The molecular formula is C13H14N4O3. The van der Waals surface area contributed by atoms with Gasteiger partial charge in [-0.05, 0) is 6.07 Å². The number of H-pyrrole nitrogens is 1. The van der Waals surface area contributed by atoms with Gasteiger partial charge in [-0.3, -0.25) is 9.78 Å². The Morgan fingerprint density at radius 2 is 2.30 bits per heavy atom. The van der Waals surface area contributed by atoms with E-state index in [2.05, 4.69) is 14.4 Å². The molecule has 3 rings (SSSR count). The van der Waals surface area contributed by atoms with E-state index in [1.54, 1.807) is 11.1 Å². The Hall–Kier alpha value is -2.57. The summed E-state index contributed by atoms with van der Waals surface area (Å²) in [6, 6.07) is 3.79. The lowest BCUT2D eigenvalue weighted by Gasteiger charge is -2.19. The van der Waals surface area contributed by atoms with E-state index >= 15 is 0 Å². The van der Waals surface area contributed by atoms with Crippen molar-refractivity contribution in [3.8, 4) is 0 Å². The number of likely N-dealkylation sites (N-methyl/N-ethyl adjacent to an activating group) is 1. The van der Waals surface area contributed by atoms with Crippen LogP contribution < -0.4 is 10.7 Å². The summed E-state index contributed by atoms with van der Waals surface area (Å²) in [6.45, 7) is 1.69. The Labute approximate surface area is 114 Å². The van der Waals surface area contributed by atoms with Crippen LogP contribution in [0.1, 0.15) is 16.1 Å². The minimum absolute atomic E-state index is 0.171. The normalized spacial score (nSPS) is 14.8. The number of nitrogens with zero attached hydrogens (tertiary/aromatic N) is 3. The molecule has 2 aromatic heterocycles. The summed E-state index contributed by atoms with van der Waals surface area (Å²) in [6.07, 6.45) is 2.89. The Bertz CT molecular complexity index is 691. The van der Waals surface area contributed by atoms with Crippen molar-refractivity contribution in [1.29, 1.82) is 0 Å². The van der Waals surface area contributed by atoms with Crippen LogP contribution in [0.15, 0.2) is 33.8 Å². The number of anilines is 1. The van der Waals surface area contributed by atoms with Crippen molar-refractivity contribution in [2.75, 3.05) is 25.0 Å². The van der Waals surface area contributed by atoms with E-state index in [-0.39, 0.29) is 11.6 Å². The van der Waals surface area contributed by atoms with E-state index in [4.69, 9.17) is 0 Å². The third-order valence-electron chi connectivity index (χ3n) is 3.33. The molecule has 0 fully saturated rings. The molecular weight excluding hydrogens is 260 g/mol. The molecule has 1 N–H and O–H groups in total. The monoisotopic (exact) mass is 274 g/mol. The topological polar surface area (TPSA) is 82.4 Å². The molecule has 0 aliphatic carbocycles. The molecule has 0 saturated carbocycles. The van der Waals surface area contributed by atoms with Gasteiger partial charge in [-0.2, -0.15) is 0 Å². The molecule has 1 aliphatic rings. The van der Waals surface area contributed by atoms with Gasteiger partial charge in [0.05, 0.1) is 0 Å². The Morgan fingerprint density at radius 1 is 1.45 bits per heavy atom. The van der Waals surface area contributed by atoms with Gasteiger partial charge in [0.15, 0.2) is 0 Å².